The Balaban J connectivity index is 1.53. The van der Waals surface area contributed by atoms with Crippen molar-refractivity contribution in [3.8, 4) is 0 Å². The van der Waals surface area contributed by atoms with E-state index >= 15 is 0 Å². The van der Waals surface area contributed by atoms with Crippen molar-refractivity contribution in [2.75, 3.05) is 18.9 Å². The maximum atomic E-state index is 13.0. The zero-order valence-corrected chi connectivity index (χ0v) is 19.5. The van der Waals surface area contributed by atoms with Gasteiger partial charge in [0.2, 0.25) is 5.91 Å². The van der Waals surface area contributed by atoms with Crippen molar-refractivity contribution >= 4 is 28.4 Å². The zero-order valence-electron chi connectivity index (χ0n) is 19.5. The van der Waals surface area contributed by atoms with Crippen LogP contribution in [-0.4, -0.2) is 39.9 Å². The lowest BCUT2D eigenvalue weighted by Gasteiger charge is -2.19. The molecule has 1 aliphatic heterocycles. The van der Waals surface area contributed by atoms with Crippen LogP contribution in [0.25, 0.3) is 10.9 Å². The maximum Gasteiger partial charge on any atom is 0.261 e. The molecule has 0 fully saturated rings. The molecule has 7 heteroatoms. The van der Waals surface area contributed by atoms with Crippen LogP contribution in [-0.2, 0) is 17.8 Å². The molecule has 33 heavy (non-hydrogen) atoms. The molecule has 0 atom stereocenters. The molecule has 172 valence electrons. The number of aromatic nitrogens is 2. The largest absolute Gasteiger partial charge is 0.332 e. The van der Waals surface area contributed by atoms with Gasteiger partial charge in [-0.1, -0.05) is 25.0 Å². The van der Waals surface area contributed by atoms with Crippen LogP contribution in [0.15, 0.2) is 41.2 Å². The topological polar surface area (TPSA) is 84.3 Å². The highest BCUT2D eigenvalue weighted by molar-refractivity contribution is 6.01. The van der Waals surface area contributed by atoms with Crippen molar-refractivity contribution in [1.82, 2.24) is 14.5 Å². The molecule has 0 unspecified atom stereocenters. The van der Waals surface area contributed by atoms with E-state index in [4.69, 9.17) is 4.98 Å². The highest BCUT2D eigenvalue weighted by Crippen LogP contribution is 2.19. The van der Waals surface area contributed by atoms with Crippen LogP contribution in [0.4, 0.5) is 5.69 Å². The normalized spacial score (nSPS) is 13.7. The number of likely N-dealkylation sites (N-methyl/N-ethyl adjacent to an activating group) is 1. The average molecular weight is 447 g/mol. The maximum absolute atomic E-state index is 13.0. The second-order valence-corrected chi connectivity index (χ2v) is 8.84. The predicted molar refractivity (Wildman–Crippen MR) is 130 cm³/mol. The lowest BCUT2D eigenvalue weighted by atomic mass is 10.1. The van der Waals surface area contributed by atoms with Gasteiger partial charge < -0.3 is 10.2 Å². The van der Waals surface area contributed by atoms with E-state index in [1.54, 1.807) is 29.8 Å². The molecule has 7 nitrogen and oxygen atoms in total. The SMILES string of the molecule is Cc1cccc(NC(=O)CN(C)C(=O)c2ccc3c(=O)n4c(nc3c2)CCCCCC4)c1C. The average Bonchev–Trinajstić information content (AvgIpc) is 2.77. The highest BCUT2D eigenvalue weighted by atomic mass is 16.2. The molecule has 0 spiro atoms. The van der Waals surface area contributed by atoms with Gasteiger partial charge >= 0.3 is 0 Å². The van der Waals surface area contributed by atoms with Gasteiger partial charge in [-0.15, -0.1) is 0 Å². The third-order valence-corrected chi connectivity index (χ3v) is 6.42. The Morgan fingerprint density at radius 1 is 1.09 bits per heavy atom. The second-order valence-electron chi connectivity index (χ2n) is 8.84. The Labute approximate surface area is 193 Å². The summed E-state index contributed by atoms with van der Waals surface area (Å²) in [5.74, 6) is 0.234. The summed E-state index contributed by atoms with van der Waals surface area (Å²) in [4.78, 5) is 44.6. The Bertz CT molecular complexity index is 1280. The zero-order chi connectivity index (χ0) is 23.5. The van der Waals surface area contributed by atoms with E-state index in [0.29, 0.717) is 23.0 Å². The summed E-state index contributed by atoms with van der Waals surface area (Å²) < 4.78 is 1.78. The molecule has 0 radical (unpaired) electrons. The van der Waals surface area contributed by atoms with Crippen LogP contribution in [0, 0.1) is 13.8 Å². The van der Waals surface area contributed by atoms with Crippen LogP contribution < -0.4 is 10.9 Å². The minimum absolute atomic E-state index is 0.0443. The molecule has 2 aromatic carbocycles. The Kier molecular flexibility index (Phi) is 6.58. The number of hydrogen-bond donors (Lipinski definition) is 1. The van der Waals surface area contributed by atoms with Gasteiger partial charge in [0, 0.05) is 31.3 Å². The number of nitrogens with one attached hydrogen (secondary N) is 1. The van der Waals surface area contributed by atoms with Crippen LogP contribution in [0.5, 0.6) is 0 Å². The van der Waals surface area contributed by atoms with Gasteiger partial charge in [0.1, 0.15) is 5.82 Å². The molecule has 1 N–H and O–H groups in total. The van der Waals surface area contributed by atoms with Gasteiger partial charge in [-0.25, -0.2) is 4.98 Å². The number of benzene rings is 2. The quantitative estimate of drug-likeness (QED) is 0.660. The van der Waals surface area contributed by atoms with E-state index in [-0.39, 0.29) is 23.9 Å². The number of rotatable bonds is 4. The number of anilines is 1. The molecule has 1 aliphatic rings. The van der Waals surface area contributed by atoms with Gasteiger partial charge in [0.15, 0.2) is 0 Å². The summed E-state index contributed by atoms with van der Waals surface area (Å²) >= 11 is 0. The van der Waals surface area contributed by atoms with Gasteiger partial charge in [0.05, 0.1) is 17.4 Å². The second kappa shape index (κ2) is 9.57. The summed E-state index contributed by atoms with van der Waals surface area (Å²) in [6, 6.07) is 10.7. The molecule has 4 rings (SSSR count). The molecule has 2 amide bonds. The van der Waals surface area contributed by atoms with E-state index < -0.39 is 0 Å². The number of carbonyl (C=O) groups excluding carboxylic acids is 2. The Morgan fingerprint density at radius 2 is 1.88 bits per heavy atom. The smallest absolute Gasteiger partial charge is 0.261 e. The summed E-state index contributed by atoms with van der Waals surface area (Å²) in [5, 5.41) is 3.40. The minimum Gasteiger partial charge on any atom is -0.332 e. The monoisotopic (exact) mass is 446 g/mol. The molecule has 0 saturated heterocycles. The van der Waals surface area contributed by atoms with Gasteiger partial charge in [-0.2, -0.15) is 0 Å². The Morgan fingerprint density at radius 3 is 2.70 bits per heavy atom. The summed E-state index contributed by atoms with van der Waals surface area (Å²) in [7, 11) is 1.60. The lowest BCUT2D eigenvalue weighted by Crippen LogP contribution is -2.35. The number of carbonyl (C=O) groups is 2. The third kappa shape index (κ3) is 4.82. The number of nitrogens with zero attached hydrogens (tertiary/aromatic N) is 3. The fraction of sp³-hybridized carbons (Fsp3) is 0.385. The minimum atomic E-state index is -0.290. The van der Waals surface area contributed by atoms with Gasteiger partial charge in [0.25, 0.3) is 11.5 Å². The summed E-state index contributed by atoms with van der Waals surface area (Å²) in [6.45, 7) is 4.55. The summed E-state index contributed by atoms with van der Waals surface area (Å²) in [5.41, 5.74) is 3.73. The Hall–Kier alpha value is -3.48. The van der Waals surface area contributed by atoms with Crippen molar-refractivity contribution < 1.29 is 9.59 Å². The fourth-order valence-corrected chi connectivity index (χ4v) is 4.31. The summed E-state index contributed by atoms with van der Waals surface area (Å²) in [6.07, 6.45) is 5.02. The number of hydrogen-bond acceptors (Lipinski definition) is 4. The van der Waals surface area contributed by atoms with Crippen LogP contribution in [0.1, 0.15) is 53.0 Å². The number of fused-ring (bicyclic) bond motifs is 2. The van der Waals surface area contributed by atoms with E-state index in [1.165, 1.54) is 4.90 Å². The molecule has 0 saturated carbocycles. The first-order chi connectivity index (χ1) is 15.8. The fourth-order valence-electron chi connectivity index (χ4n) is 4.31. The molecular formula is C26H30N4O3. The van der Waals surface area contributed by atoms with Crippen molar-refractivity contribution in [3.05, 3.63) is 69.3 Å². The van der Waals surface area contributed by atoms with Gasteiger partial charge in [-0.05, 0) is 62.1 Å². The predicted octanol–water partition coefficient (Wildman–Crippen LogP) is 3.84. The van der Waals surface area contributed by atoms with Gasteiger partial charge in [-0.3, -0.25) is 19.0 Å². The first kappa shape index (κ1) is 22.7. The van der Waals surface area contributed by atoms with Crippen LogP contribution >= 0.6 is 0 Å². The van der Waals surface area contributed by atoms with E-state index in [2.05, 4.69) is 5.32 Å². The number of aryl methyl sites for hydroxylation is 2. The van der Waals surface area contributed by atoms with Crippen LogP contribution in [0.3, 0.4) is 0 Å². The molecular weight excluding hydrogens is 416 g/mol. The standard InChI is InChI=1S/C26H30N4O3/c1-17-9-8-10-21(18(17)2)28-24(31)16-29(3)25(32)19-12-13-20-22(15-19)27-23-11-6-4-5-7-14-30(23)26(20)33/h8-10,12-13,15H,4-7,11,14,16H2,1-3H3,(H,28,31). The van der Waals surface area contributed by atoms with E-state index in [1.807, 2.05) is 32.0 Å². The van der Waals surface area contributed by atoms with Crippen molar-refractivity contribution in [2.45, 2.75) is 52.5 Å². The lowest BCUT2D eigenvalue weighted by molar-refractivity contribution is -0.116. The first-order valence-corrected chi connectivity index (χ1v) is 11.5. The third-order valence-electron chi connectivity index (χ3n) is 6.42. The van der Waals surface area contributed by atoms with Crippen LogP contribution in [0.2, 0.25) is 0 Å². The van der Waals surface area contributed by atoms with E-state index in [9.17, 15) is 14.4 Å². The van der Waals surface area contributed by atoms with E-state index in [0.717, 1.165) is 54.7 Å². The molecule has 0 aliphatic carbocycles. The number of amides is 2. The molecule has 3 aromatic rings. The molecule has 0 bridgehead atoms. The first-order valence-electron chi connectivity index (χ1n) is 11.5. The molecule has 2 heterocycles. The van der Waals surface area contributed by atoms with Crippen molar-refractivity contribution in [2.24, 2.45) is 0 Å². The van der Waals surface area contributed by atoms with Crippen molar-refractivity contribution in [1.29, 1.82) is 0 Å². The van der Waals surface area contributed by atoms with Crippen molar-refractivity contribution in [3.63, 3.8) is 0 Å². The highest BCUT2D eigenvalue weighted by Gasteiger charge is 2.18. The molecule has 1 aromatic heterocycles.